The van der Waals surface area contributed by atoms with Crippen LogP contribution < -0.4 is 15.0 Å². The largest absolute Gasteiger partial charge is 0.497 e. The number of nitrogens with one attached hydrogen (secondary N) is 1. The number of benzene rings is 2. The van der Waals surface area contributed by atoms with Crippen LogP contribution in [0, 0.1) is 12.7 Å². The maximum absolute atomic E-state index is 15.0. The molecule has 1 N–H and O–H groups in total. The molecule has 27 heavy (non-hydrogen) atoms. The number of ether oxygens (including phenoxy) is 1. The topological polar surface area (TPSA) is 24.5 Å². The van der Waals surface area contributed by atoms with Gasteiger partial charge in [-0.05, 0) is 67.0 Å². The third-order valence-corrected chi connectivity index (χ3v) is 7.34. The van der Waals surface area contributed by atoms with Crippen molar-refractivity contribution in [2.24, 2.45) is 0 Å². The molecule has 2 unspecified atom stereocenters. The van der Waals surface area contributed by atoms with Gasteiger partial charge in [-0.3, -0.25) is 0 Å². The maximum atomic E-state index is 15.0. The summed E-state index contributed by atoms with van der Waals surface area (Å²) in [7, 11) is 1.58. The zero-order chi connectivity index (χ0) is 18.5. The molecule has 3 nitrogen and oxygen atoms in total. The van der Waals surface area contributed by atoms with Crippen LogP contribution >= 0.6 is 11.8 Å². The number of anilines is 1. The van der Waals surface area contributed by atoms with Crippen molar-refractivity contribution in [2.75, 3.05) is 37.4 Å². The molecule has 3 heterocycles. The van der Waals surface area contributed by atoms with E-state index in [4.69, 9.17) is 4.74 Å². The molecule has 0 aliphatic carbocycles. The molecular weight excluding hydrogens is 359 g/mol. The SMILES string of the molecule is COc1cc(C)c(-c2cc3c4c(c2)C2CNCCC2N4CCCS3)c(F)c1. The molecule has 0 spiro atoms. The number of fused-ring (bicyclic) bond motifs is 3. The number of halogens is 1. The summed E-state index contributed by atoms with van der Waals surface area (Å²) in [5.41, 5.74) is 5.46. The van der Waals surface area contributed by atoms with Gasteiger partial charge in [0, 0.05) is 41.6 Å². The van der Waals surface area contributed by atoms with Crippen molar-refractivity contribution >= 4 is 17.4 Å². The van der Waals surface area contributed by atoms with Crippen LogP contribution in [0.2, 0.25) is 0 Å². The summed E-state index contributed by atoms with van der Waals surface area (Å²) in [6.45, 7) is 5.22. The molecule has 5 rings (SSSR count). The summed E-state index contributed by atoms with van der Waals surface area (Å²) >= 11 is 1.93. The average Bonchev–Trinajstić information content (AvgIpc) is 2.83. The first-order valence-electron chi connectivity index (χ1n) is 9.80. The van der Waals surface area contributed by atoms with Gasteiger partial charge in [-0.25, -0.2) is 4.39 Å². The van der Waals surface area contributed by atoms with Gasteiger partial charge in [-0.2, -0.15) is 0 Å². The van der Waals surface area contributed by atoms with E-state index in [0.717, 1.165) is 36.5 Å². The Kier molecular flexibility index (Phi) is 4.32. The highest BCUT2D eigenvalue weighted by atomic mass is 32.2. The van der Waals surface area contributed by atoms with Crippen molar-refractivity contribution in [1.82, 2.24) is 5.32 Å². The van der Waals surface area contributed by atoms with Crippen molar-refractivity contribution in [3.8, 4) is 16.9 Å². The summed E-state index contributed by atoms with van der Waals surface area (Å²) in [4.78, 5) is 3.97. The van der Waals surface area contributed by atoms with Crippen molar-refractivity contribution in [3.63, 3.8) is 0 Å². The van der Waals surface area contributed by atoms with Crippen LogP contribution in [0.5, 0.6) is 5.75 Å². The predicted octanol–water partition coefficient (Wildman–Crippen LogP) is 4.57. The molecule has 2 atom stereocenters. The number of piperidine rings is 1. The number of nitrogens with zero attached hydrogens (tertiary/aromatic N) is 1. The van der Waals surface area contributed by atoms with Gasteiger partial charge < -0.3 is 15.0 Å². The summed E-state index contributed by atoms with van der Waals surface area (Å²) in [6, 6.07) is 8.49. The Morgan fingerprint density at radius 3 is 2.96 bits per heavy atom. The second-order valence-corrected chi connectivity index (χ2v) is 8.91. The minimum atomic E-state index is -0.203. The minimum Gasteiger partial charge on any atom is -0.497 e. The molecule has 142 valence electrons. The number of rotatable bonds is 2. The summed E-state index contributed by atoms with van der Waals surface area (Å²) in [5.74, 6) is 2.01. The van der Waals surface area contributed by atoms with Crippen molar-refractivity contribution < 1.29 is 9.13 Å². The fourth-order valence-electron chi connectivity index (χ4n) is 5.07. The van der Waals surface area contributed by atoms with E-state index < -0.39 is 0 Å². The zero-order valence-corrected chi connectivity index (χ0v) is 16.7. The summed E-state index contributed by atoms with van der Waals surface area (Å²) in [6.07, 6.45) is 2.40. The first kappa shape index (κ1) is 17.4. The zero-order valence-electron chi connectivity index (χ0n) is 15.8. The molecule has 3 aliphatic rings. The third kappa shape index (κ3) is 2.74. The van der Waals surface area contributed by atoms with Gasteiger partial charge >= 0.3 is 0 Å². The molecule has 5 heteroatoms. The van der Waals surface area contributed by atoms with Crippen molar-refractivity contribution in [3.05, 3.63) is 41.2 Å². The molecule has 3 aliphatic heterocycles. The Bertz CT molecular complexity index is 877. The lowest BCUT2D eigenvalue weighted by Gasteiger charge is -2.33. The van der Waals surface area contributed by atoms with E-state index in [1.165, 1.54) is 35.1 Å². The molecule has 0 radical (unpaired) electrons. The average molecular weight is 385 g/mol. The Balaban J connectivity index is 1.69. The lowest BCUT2D eigenvalue weighted by Crippen LogP contribution is -2.44. The van der Waals surface area contributed by atoms with E-state index in [9.17, 15) is 4.39 Å². The standard InChI is InChI=1S/C22H25FN2OS/c1-13-8-15(26-2)11-18(23)21(13)14-9-16-17-12-24-5-4-19(17)25-6-3-7-27-20(10-14)22(16)25/h8-11,17,19,24H,3-7,12H2,1-2H3. The van der Waals surface area contributed by atoms with Gasteiger partial charge in [0.25, 0.3) is 0 Å². The lowest BCUT2D eigenvalue weighted by atomic mass is 9.88. The highest BCUT2D eigenvalue weighted by molar-refractivity contribution is 7.99. The van der Waals surface area contributed by atoms with E-state index in [2.05, 4.69) is 22.3 Å². The number of hydrogen-bond donors (Lipinski definition) is 1. The Morgan fingerprint density at radius 1 is 1.26 bits per heavy atom. The minimum absolute atomic E-state index is 0.203. The highest BCUT2D eigenvalue weighted by Crippen LogP contribution is 2.51. The van der Waals surface area contributed by atoms with Gasteiger partial charge in [0.2, 0.25) is 0 Å². The fraction of sp³-hybridized carbons (Fsp3) is 0.455. The Labute approximate surface area is 164 Å². The molecule has 0 bridgehead atoms. The monoisotopic (exact) mass is 384 g/mol. The molecule has 0 aromatic heterocycles. The maximum Gasteiger partial charge on any atom is 0.134 e. The van der Waals surface area contributed by atoms with Crippen molar-refractivity contribution in [2.45, 2.75) is 36.6 Å². The number of hydrogen-bond acceptors (Lipinski definition) is 4. The number of aryl methyl sites for hydroxylation is 1. The van der Waals surface area contributed by atoms with Gasteiger partial charge in [0.05, 0.1) is 12.8 Å². The van der Waals surface area contributed by atoms with Crippen molar-refractivity contribution in [1.29, 1.82) is 0 Å². The van der Waals surface area contributed by atoms with Crippen LogP contribution in [0.15, 0.2) is 29.2 Å². The van der Waals surface area contributed by atoms with Crippen LogP contribution in [-0.2, 0) is 0 Å². The summed E-state index contributed by atoms with van der Waals surface area (Å²) in [5, 5.41) is 3.57. The Morgan fingerprint density at radius 2 is 2.15 bits per heavy atom. The normalized spacial score (nSPS) is 23.6. The molecule has 1 fully saturated rings. The van der Waals surface area contributed by atoms with Gasteiger partial charge in [-0.15, -0.1) is 11.8 Å². The Hall–Kier alpha value is -1.72. The van der Waals surface area contributed by atoms with Crippen LogP contribution in [0.4, 0.5) is 10.1 Å². The molecule has 2 aromatic carbocycles. The van der Waals surface area contributed by atoms with Crippen LogP contribution in [0.1, 0.15) is 29.9 Å². The smallest absolute Gasteiger partial charge is 0.134 e. The van der Waals surface area contributed by atoms with E-state index in [0.29, 0.717) is 23.3 Å². The molecule has 1 saturated heterocycles. The molecular formula is C22H25FN2OS. The quantitative estimate of drug-likeness (QED) is 0.820. The summed E-state index contributed by atoms with van der Waals surface area (Å²) < 4.78 is 20.2. The van der Waals surface area contributed by atoms with Gasteiger partial charge in [-0.1, -0.05) is 0 Å². The second kappa shape index (κ2) is 6.71. The van der Waals surface area contributed by atoms with Gasteiger partial charge in [0.1, 0.15) is 11.6 Å². The molecule has 0 saturated carbocycles. The third-order valence-electron chi connectivity index (χ3n) is 6.22. The van der Waals surface area contributed by atoms with E-state index in [1.807, 2.05) is 24.8 Å². The highest BCUT2D eigenvalue weighted by Gasteiger charge is 2.42. The van der Waals surface area contributed by atoms with Gasteiger partial charge in [0.15, 0.2) is 0 Å². The number of methoxy groups -OCH3 is 1. The molecule has 2 aromatic rings. The first-order chi connectivity index (χ1) is 13.2. The van der Waals surface area contributed by atoms with E-state index >= 15 is 0 Å². The second-order valence-electron chi connectivity index (χ2n) is 7.78. The van der Waals surface area contributed by atoms with E-state index in [-0.39, 0.29) is 5.82 Å². The first-order valence-corrected chi connectivity index (χ1v) is 10.8. The lowest BCUT2D eigenvalue weighted by molar-refractivity contribution is 0.403. The van der Waals surface area contributed by atoms with Crippen LogP contribution in [-0.4, -0.2) is 38.5 Å². The number of thioether (sulfide) groups is 1. The van der Waals surface area contributed by atoms with Crippen LogP contribution in [0.3, 0.4) is 0 Å². The van der Waals surface area contributed by atoms with Crippen LogP contribution in [0.25, 0.3) is 11.1 Å². The van der Waals surface area contributed by atoms with E-state index in [1.54, 1.807) is 7.11 Å². The molecule has 0 amide bonds. The fourth-order valence-corrected chi connectivity index (χ4v) is 6.14. The predicted molar refractivity (Wildman–Crippen MR) is 110 cm³/mol.